The van der Waals surface area contributed by atoms with E-state index in [0.717, 1.165) is 36.0 Å². The van der Waals surface area contributed by atoms with E-state index in [-0.39, 0.29) is 39.9 Å². The predicted octanol–water partition coefficient (Wildman–Crippen LogP) is 7.99. The van der Waals surface area contributed by atoms with E-state index in [1.54, 1.807) is 59.3 Å². The number of benzene rings is 3. The molecule has 4 saturated carbocycles. The molecule has 2 N–H and O–H groups in total. The van der Waals surface area contributed by atoms with Crippen molar-refractivity contribution in [1.82, 2.24) is 10.6 Å². The molecular formula is C49H62N2O11. The van der Waals surface area contributed by atoms with Gasteiger partial charge in [0.05, 0.1) is 44.8 Å². The fourth-order valence-electron chi connectivity index (χ4n) is 11.4. The van der Waals surface area contributed by atoms with Crippen molar-refractivity contribution in [3.63, 3.8) is 0 Å². The number of amides is 1. The summed E-state index contributed by atoms with van der Waals surface area (Å²) in [5.41, 5.74) is 2.41. The van der Waals surface area contributed by atoms with Crippen molar-refractivity contribution in [2.24, 2.45) is 34.0 Å². The number of alkyl carbamates (subject to hydrolysis) is 1. The molecule has 5 aliphatic rings. The molecule has 1 aliphatic heterocycles. The summed E-state index contributed by atoms with van der Waals surface area (Å²) in [5.74, 6) is 0.817. The number of methoxy groups -OCH3 is 3. The summed E-state index contributed by atoms with van der Waals surface area (Å²) in [5, 5.41) is 6.50. The van der Waals surface area contributed by atoms with Gasteiger partial charge in [-0.1, -0.05) is 38.1 Å². The summed E-state index contributed by atoms with van der Waals surface area (Å²) in [6.45, 7) is 10.9. The van der Waals surface area contributed by atoms with Gasteiger partial charge in [0.25, 0.3) is 0 Å². The third kappa shape index (κ3) is 10.1. The first-order valence-corrected chi connectivity index (χ1v) is 21.7. The average molecular weight is 855 g/mol. The first kappa shape index (κ1) is 44.7. The van der Waals surface area contributed by atoms with Crippen LogP contribution in [0.5, 0.6) is 23.0 Å². The molecule has 1 heterocycles. The maximum atomic E-state index is 13.2. The second-order valence-electron chi connectivity index (χ2n) is 19.6. The first-order valence-electron chi connectivity index (χ1n) is 21.7. The fraction of sp³-hybridized carbons (Fsp3) is 0.551. The molecule has 4 aliphatic carbocycles. The van der Waals surface area contributed by atoms with E-state index in [2.05, 4.69) is 24.5 Å². The van der Waals surface area contributed by atoms with Crippen LogP contribution in [0.3, 0.4) is 0 Å². The number of carbonyl (C=O) groups is 4. The van der Waals surface area contributed by atoms with Crippen LogP contribution in [0.2, 0.25) is 0 Å². The van der Waals surface area contributed by atoms with E-state index in [4.69, 9.17) is 33.2 Å². The van der Waals surface area contributed by atoms with Gasteiger partial charge in [0, 0.05) is 31.5 Å². The quantitative estimate of drug-likeness (QED) is 0.0768. The number of ether oxygens (including phenoxy) is 7. The van der Waals surface area contributed by atoms with Crippen molar-refractivity contribution in [3.05, 3.63) is 82.9 Å². The maximum Gasteiger partial charge on any atom is 0.410 e. The van der Waals surface area contributed by atoms with Gasteiger partial charge in [-0.15, -0.1) is 0 Å². The van der Waals surface area contributed by atoms with Gasteiger partial charge in [0.2, 0.25) is 6.29 Å². The Balaban J connectivity index is 0.859. The SMILES string of the molecule is COc1ccc(C[C@H]2COC(=O)[C@@H]2Cc2ccc(OC(=O)c3ccc(CNCC(C)(C)C(=O)OC(C)OC(=O)NC45CC6CC(C)(CC(C)(C6)C4)C5)cc3)c(OC)c2)cc1OC. The van der Waals surface area contributed by atoms with Gasteiger partial charge < -0.3 is 43.8 Å². The van der Waals surface area contributed by atoms with E-state index in [1.165, 1.54) is 26.4 Å². The number of rotatable bonds is 17. The van der Waals surface area contributed by atoms with Crippen LogP contribution in [-0.4, -0.2) is 70.3 Å². The Morgan fingerprint density at radius 3 is 2.00 bits per heavy atom. The summed E-state index contributed by atoms with van der Waals surface area (Å²) in [4.78, 5) is 52.3. The highest BCUT2D eigenvalue weighted by Crippen LogP contribution is 2.66. The highest BCUT2D eigenvalue weighted by Gasteiger charge is 2.60. The second kappa shape index (κ2) is 17.8. The van der Waals surface area contributed by atoms with E-state index in [0.29, 0.717) is 61.3 Å². The van der Waals surface area contributed by atoms with Crippen LogP contribution < -0.4 is 29.6 Å². The number of esters is 3. The van der Waals surface area contributed by atoms with E-state index in [1.807, 2.05) is 36.4 Å². The third-order valence-electron chi connectivity index (χ3n) is 13.3. The van der Waals surface area contributed by atoms with Gasteiger partial charge in [-0.2, -0.15) is 0 Å². The molecule has 4 bridgehead atoms. The molecule has 0 spiro atoms. The van der Waals surface area contributed by atoms with Crippen molar-refractivity contribution in [1.29, 1.82) is 0 Å². The van der Waals surface area contributed by atoms with Crippen molar-refractivity contribution >= 4 is 24.0 Å². The van der Waals surface area contributed by atoms with Gasteiger partial charge in [-0.05, 0) is 135 Å². The van der Waals surface area contributed by atoms with Gasteiger partial charge >= 0.3 is 24.0 Å². The summed E-state index contributed by atoms with van der Waals surface area (Å²) in [7, 11) is 4.68. The van der Waals surface area contributed by atoms with Crippen LogP contribution in [-0.2, 0) is 43.2 Å². The van der Waals surface area contributed by atoms with Crippen LogP contribution in [0, 0.1) is 34.0 Å². The zero-order chi connectivity index (χ0) is 44.5. The lowest BCUT2D eigenvalue weighted by Crippen LogP contribution is -2.65. The average Bonchev–Trinajstić information content (AvgIpc) is 3.53. The van der Waals surface area contributed by atoms with Crippen LogP contribution in [0.1, 0.15) is 100 Å². The van der Waals surface area contributed by atoms with E-state index in [9.17, 15) is 19.2 Å². The Bertz CT molecular complexity index is 2130. The third-order valence-corrected chi connectivity index (χ3v) is 13.3. The number of hydrogen-bond acceptors (Lipinski definition) is 12. The van der Waals surface area contributed by atoms with Gasteiger partial charge in [-0.25, -0.2) is 9.59 Å². The number of carbonyl (C=O) groups excluding carboxylic acids is 4. The smallest absolute Gasteiger partial charge is 0.410 e. The molecule has 334 valence electrons. The zero-order valence-electron chi connectivity index (χ0n) is 37.4. The Morgan fingerprint density at radius 2 is 1.37 bits per heavy atom. The number of cyclic esters (lactones) is 1. The zero-order valence-corrected chi connectivity index (χ0v) is 37.4. The minimum absolute atomic E-state index is 0.0383. The van der Waals surface area contributed by atoms with Gasteiger partial charge in [0.15, 0.2) is 23.0 Å². The molecule has 8 rings (SSSR count). The topological polar surface area (TPSA) is 157 Å². The molecule has 13 heteroatoms. The molecule has 5 atom stereocenters. The highest BCUT2D eigenvalue weighted by molar-refractivity contribution is 5.91. The minimum atomic E-state index is -1.04. The molecule has 0 aromatic heterocycles. The van der Waals surface area contributed by atoms with Crippen molar-refractivity contribution in [2.75, 3.05) is 34.5 Å². The Kier molecular flexibility index (Phi) is 12.9. The molecule has 62 heavy (non-hydrogen) atoms. The molecule has 13 nitrogen and oxygen atoms in total. The maximum absolute atomic E-state index is 13.2. The summed E-state index contributed by atoms with van der Waals surface area (Å²) < 4.78 is 38.8. The summed E-state index contributed by atoms with van der Waals surface area (Å²) >= 11 is 0. The van der Waals surface area contributed by atoms with Crippen molar-refractivity contribution < 1.29 is 52.3 Å². The van der Waals surface area contributed by atoms with E-state index >= 15 is 0 Å². The monoisotopic (exact) mass is 854 g/mol. The van der Waals surface area contributed by atoms with Crippen LogP contribution >= 0.6 is 0 Å². The first-order chi connectivity index (χ1) is 29.4. The molecule has 1 amide bonds. The molecule has 3 aromatic rings. The van der Waals surface area contributed by atoms with Gasteiger partial charge in [-0.3, -0.25) is 9.59 Å². The van der Waals surface area contributed by atoms with Crippen LogP contribution in [0.25, 0.3) is 0 Å². The second-order valence-corrected chi connectivity index (χ2v) is 19.6. The number of hydrogen-bond donors (Lipinski definition) is 2. The van der Waals surface area contributed by atoms with Crippen molar-refractivity contribution in [3.8, 4) is 23.0 Å². The lowest BCUT2D eigenvalue weighted by Gasteiger charge is -2.65. The number of nitrogens with one attached hydrogen (secondary N) is 2. The molecule has 1 saturated heterocycles. The summed E-state index contributed by atoms with van der Waals surface area (Å²) in [6, 6.07) is 18.0. The molecule has 3 unspecified atom stereocenters. The molecule has 5 fully saturated rings. The lowest BCUT2D eigenvalue weighted by atomic mass is 9.43. The molecule has 0 radical (unpaired) electrons. The molecule has 3 aromatic carbocycles. The minimum Gasteiger partial charge on any atom is -0.493 e. The standard InChI is InChI=1S/C49H62N2O11/c1-30(61-45(55)51-49-23-34-21-47(4,27-49)26-48(5,22-34)28-49)60-44(54)46(2,3)29-50-24-31-9-13-35(14-10-31)42(52)62-39-16-12-33(20-41(39)58-8)18-37-36(25-59-43(37)53)17-32-11-15-38(56-6)40(19-32)57-7/h9-16,19-20,30,34,36-37,50H,17-18,21-29H2,1-8H3,(H,51,55)/t30?,34?,36-,37+,47?,48?,49?/m0/s1. The highest BCUT2D eigenvalue weighted by atomic mass is 16.7. The fourth-order valence-corrected chi connectivity index (χ4v) is 11.4. The Morgan fingerprint density at radius 1 is 0.774 bits per heavy atom. The van der Waals surface area contributed by atoms with Crippen molar-refractivity contribution in [2.45, 2.75) is 104 Å². The lowest BCUT2D eigenvalue weighted by molar-refractivity contribution is -0.176. The normalized spacial score (nSPS) is 26.6. The predicted molar refractivity (Wildman–Crippen MR) is 230 cm³/mol. The van der Waals surface area contributed by atoms with Gasteiger partial charge in [0.1, 0.15) is 0 Å². The van der Waals surface area contributed by atoms with E-state index < -0.39 is 29.7 Å². The van der Waals surface area contributed by atoms with Crippen LogP contribution in [0.4, 0.5) is 4.79 Å². The Labute approximate surface area is 364 Å². The molecular weight excluding hydrogens is 793 g/mol. The largest absolute Gasteiger partial charge is 0.493 e. The summed E-state index contributed by atoms with van der Waals surface area (Å²) in [6.07, 6.45) is 6.02. The Hall–Kier alpha value is -5.30. The van der Waals surface area contributed by atoms with Crippen LogP contribution in [0.15, 0.2) is 60.7 Å².